The van der Waals surface area contributed by atoms with Crippen LogP contribution in [0.3, 0.4) is 0 Å². The van der Waals surface area contributed by atoms with E-state index in [-0.39, 0.29) is 17.1 Å². The third-order valence-corrected chi connectivity index (χ3v) is 2.79. The van der Waals surface area contributed by atoms with Gasteiger partial charge in [-0.1, -0.05) is 39.0 Å². The van der Waals surface area contributed by atoms with Gasteiger partial charge in [0.2, 0.25) is 5.82 Å². The first-order chi connectivity index (χ1) is 8.88. The lowest BCUT2D eigenvalue weighted by Gasteiger charge is -2.12. The van der Waals surface area contributed by atoms with E-state index in [0.717, 1.165) is 11.3 Å². The SMILES string of the molecule is Cc1ccccc1NC(=O)c1n[nH]c(C(C)(C)C)n1. The van der Waals surface area contributed by atoms with E-state index in [9.17, 15) is 4.79 Å². The van der Waals surface area contributed by atoms with Crippen molar-refractivity contribution in [3.63, 3.8) is 0 Å². The number of aromatic nitrogens is 3. The molecule has 1 aromatic carbocycles. The molecule has 0 radical (unpaired) electrons. The topological polar surface area (TPSA) is 70.7 Å². The van der Waals surface area contributed by atoms with Crippen molar-refractivity contribution in [1.82, 2.24) is 15.2 Å². The summed E-state index contributed by atoms with van der Waals surface area (Å²) in [7, 11) is 0. The summed E-state index contributed by atoms with van der Waals surface area (Å²) in [5.41, 5.74) is 1.62. The maximum Gasteiger partial charge on any atom is 0.295 e. The largest absolute Gasteiger partial charge is 0.319 e. The van der Waals surface area contributed by atoms with Crippen LogP contribution < -0.4 is 5.32 Å². The molecule has 5 nitrogen and oxygen atoms in total. The van der Waals surface area contributed by atoms with Crippen molar-refractivity contribution < 1.29 is 4.79 Å². The van der Waals surface area contributed by atoms with E-state index in [1.807, 2.05) is 52.0 Å². The predicted octanol–water partition coefficient (Wildman–Crippen LogP) is 2.66. The summed E-state index contributed by atoms with van der Waals surface area (Å²) in [6, 6.07) is 7.59. The Bertz CT molecular complexity index is 595. The molecule has 0 aliphatic carbocycles. The van der Waals surface area contributed by atoms with Gasteiger partial charge in [0.25, 0.3) is 5.91 Å². The standard InChI is InChI=1S/C14H18N4O/c1-9-7-5-6-8-10(9)15-12(19)11-16-13(18-17-11)14(2,3)4/h5-8H,1-4H3,(H,15,19)(H,16,17,18). The number of H-pyrrole nitrogens is 1. The molecule has 0 saturated heterocycles. The average Bonchev–Trinajstić information content (AvgIpc) is 2.81. The summed E-state index contributed by atoms with van der Waals surface area (Å²) in [5.74, 6) is 0.552. The normalized spacial score (nSPS) is 11.4. The first-order valence-corrected chi connectivity index (χ1v) is 6.18. The van der Waals surface area contributed by atoms with Crippen molar-refractivity contribution in [2.24, 2.45) is 0 Å². The van der Waals surface area contributed by atoms with Gasteiger partial charge in [-0.3, -0.25) is 9.89 Å². The van der Waals surface area contributed by atoms with Gasteiger partial charge >= 0.3 is 0 Å². The molecule has 2 rings (SSSR count). The van der Waals surface area contributed by atoms with E-state index in [1.54, 1.807) is 0 Å². The number of anilines is 1. The highest BCUT2D eigenvalue weighted by Gasteiger charge is 2.21. The molecule has 0 bridgehead atoms. The Hall–Kier alpha value is -2.17. The summed E-state index contributed by atoms with van der Waals surface area (Å²) >= 11 is 0. The van der Waals surface area contributed by atoms with E-state index in [0.29, 0.717) is 5.82 Å². The minimum atomic E-state index is -0.305. The molecule has 0 aliphatic rings. The Labute approximate surface area is 112 Å². The number of benzene rings is 1. The van der Waals surface area contributed by atoms with Gasteiger partial charge in [0.15, 0.2) is 0 Å². The average molecular weight is 258 g/mol. The zero-order valence-corrected chi connectivity index (χ0v) is 11.6. The van der Waals surface area contributed by atoms with Gasteiger partial charge in [0, 0.05) is 11.1 Å². The van der Waals surface area contributed by atoms with Crippen LogP contribution in [0, 0.1) is 6.92 Å². The monoisotopic (exact) mass is 258 g/mol. The number of carbonyl (C=O) groups excluding carboxylic acids is 1. The minimum Gasteiger partial charge on any atom is -0.319 e. The van der Waals surface area contributed by atoms with Gasteiger partial charge < -0.3 is 5.32 Å². The first kappa shape index (κ1) is 13.3. The number of nitrogens with zero attached hydrogens (tertiary/aromatic N) is 2. The molecule has 1 aromatic heterocycles. The van der Waals surface area contributed by atoms with E-state index >= 15 is 0 Å². The summed E-state index contributed by atoms with van der Waals surface area (Å²) in [6.45, 7) is 7.97. The van der Waals surface area contributed by atoms with Crippen molar-refractivity contribution in [3.05, 3.63) is 41.5 Å². The van der Waals surface area contributed by atoms with Crippen LogP contribution >= 0.6 is 0 Å². The molecular weight excluding hydrogens is 240 g/mol. The van der Waals surface area contributed by atoms with Crippen LogP contribution in [0.4, 0.5) is 5.69 Å². The minimum absolute atomic E-state index is 0.159. The van der Waals surface area contributed by atoms with E-state index in [2.05, 4.69) is 20.5 Å². The zero-order valence-electron chi connectivity index (χ0n) is 11.6. The molecule has 2 N–H and O–H groups in total. The molecule has 2 aromatic rings. The Morgan fingerprint density at radius 1 is 1.26 bits per heavy atom. The third kappa shape index (κ3) is 2.99. The lowest BCUT2D eigenvalue weighted by Crippen LogP contribution is -2.16. The van der Waals surface area contributed by atoms with E-state index in [4.69, 9.17) is 0 Å². The maximum atomic E-state index is 12.1. The highest BCUT2D eigenvalue weighted by molar-refractivity contribution is 6.01. The number of para-hydroxylation sites is 1. The Morgan fingerprint density at radius 3 is 2.53 bits per heavy atom. The van der Waals surface area contributed by atoms with Crippen molar-refractivity contribution in [2.75, 3.05) is 5.32 Å². The summed E-state index contributed by atoms with van der Waals surface area (Å²) in [5, 5.41) is 9.57. The summed E-state index contributed by atoms with van der Waals surface area (Å²) < 4.78 is 0. The van der Waals surface area contributed by atoms with Gasteiger partial charge in [-0.25, -0.2) is 4.98 Å². The number of hydrogen-bond acceptors (Lipinski definition) is 3. The second kappa shape index (κ2) is 4.84. The fourth-order valence-corrected chi connectivity index (χ4v) is 1.59. The van der Waals surface area contributed by atoms with Crippen molar-refractivity contribution in [3.8, 4) is 0 Å². The Morgan fingerprint density at radius 2 is 1.95 bits per heavy atom. The summed E-state index contributed by atoms with van der Waals surface area (Å²) in [6.07, 6.45) is 0. The number of hydrogen-bond donors (Lipinski definition) is 2. The molecule has 0 aliphatic heterocycles. The second-order valence-corrected chi connectivity index (χ2v) is 5.53. The van der Waals surface area contributed by atoms with Gasteiger partial charge in [-0.2, -0.15) is 0 Å². The molecule has 1 amide bonds. The maximum absolute atomic E-state index is 12.1. The number of rotatable bonds is 2. The van der Waals surface area contributed by atoms with Crippen molar-refractivity contribution in [2.45, 2.75) is 33.1 Å². The van der Waals surface area contributed by atoms with E-state index in [1.165, 1.54) is 0 Å². The fourth-order valence-electron chi connectivity index (χ4n) is 1.59. The van der Waals surface area contributed by atoms with Crippen LogP contribution in [-0.4, -0.2) is 21.1 Å². The highest BCUT2D eigenvalue weighted by Crippen LogP contribution is 2.18. The quantitative estimate of drug-likeness (QED) is 0.870. The lowest BCUT2D eigenvalue weighted by molar-refractivity contribution is 0.101. The van der Waals surface area contributed by atoms with Crippen molar-refractivity contribution >= 4 is 11.6 Å². The van der Waals surface area contributed by atoms with Crippen LogP contribution in [0.1, 0.15) is 42.8 Å². The Balaban J connectivity index is 2.17. The van der Waals surface area contributed by atoms with Crippen LogP contribution in [0.2, 0.25) is 0 Å². The molecule has 0 unspecified atom stereocenters. The first-order valence-electron chi connectivity index (χ1n) is 6.18. The van der Waals surface area contributed by atoms with Crippen LogP contribution in [0.5, 0.6) is 0 Å². The van der Waals surface area contributed by atoms with Gasteiger partial charge in [0.1, 0.15) is 5.82 Å². The second-order valence-electron chi connectivity index (χ2n) is 5.53. The molecule has 19 heavy (non-hydrogen) atoms. The predicted molar refractivity (Wildman–Crippen MR) is 74.2 cm³/mol. The molecule has 0 saturated carbocycles. The van der Waals surface area contributed by atoms with Gasteiger partial charge in [0.05, 0.1) is 0 Å². The Kier molecular flexibility index (Phi) is 3.38. The molecule has 5 heteroatoms. The number of aryl methyl sites for hydroxylation is 1. The summed E-state index contributed by atoms with van der Waals surface area (Å²) in [4.78, 5) is 16.3. The smallest absolute Gasteiger partial charge is 0.295 e. The van der Waals surface area contributed by atoms with Crippen LogP contribution in [0.25, 0.3) is 0 Å². The van der Waals surface area contributed by atoms with E-state index < -0.39 is 0 Å². The van der Waals surface area contributed by atoms with Crippen LogP contribution in [0.15, 0.2) is 24.3 Å². The molecule has 0 atom stereocenters. The number of amides is 1. The van der Waals surface area contributed by atoms with Crippen molar-refractivity contribution in [1.29, 1.82) is 0 Å². The molecular formula is C14H18N4O. The number of carbonyl (C=O) groups is 1. The van der Waals surface area contributed by atoms with Gasteiger partial charge in [-0.05, 0) is 18.6 Å². The molecule has 0 fully saturated rings. The lowest BCUT2D eigenvalue weighted by atomic mass is 9.96. The molecule has 0 spiro atoms. The number of aromatic amines is 1. The number of nitrogens with one attached hydrogen (secondary N) is 2. The zero-order chi connectivity index (χ0) is 14.0. The van der Waals surface area contributed by atoms with Crippen LogP contribution in [-0.2, 0) is 5.41 Å². The highest BCUT2D eigenvalue weighted by atomic mass is 16.2. The van der Waals surface area contributed by atoms with Gasteiger partial charge in [-0.15, -0.1) is 5.10 Å². The molecule has 100 valence electrons. The molecule has 1 heterocycles. The third-order valence-electron chi connectivity index (χ3n) is 2.79. The fraction of sp³-hybridized carbons (Fsp3) is 0.357.